The summed E-state index contributed by atoms with van der Waals surface area (Å²) in [7, 11) is 0. The highest BCUT2D eigenvalue weighted by molar-refractivity contribution is 5.70. The smallest absolute Gasteiger partial charge is 0.406 e. The van der Waals surface area contributed by atoms with E-state index in [0.717, 1.165) is 0 Å². The topological polar surface area (TPSA) is 112 Å². The monoisotopic (exact) mass is 238 g/mol. The number of nitrogens with one attached hydrogen (secondary N) is 1. The number of hydrazine groups is 1. The van der Waals surface area contributed by atoms with Crippen LogP contribution in [0.2, 0.25) is 0 Å². The van der Waals surface area contributed by atoms with Gasteiger partial charge >= 0.3 is 11.7 Å². The molecule has 0 aromatic carbocycles. The van der Waals surface area contributed by atoms with Gasteiger partial charge in [0.15, 0.2) is 11.2 Å². The van der Waals surface area contributed by atoms with E-state index in [-0.39, 0.29) is 13.0 Å². The second-order valence-electron chi connectivity index (χ2n) is 3.19. The van der Waals surface area contributed by atoms with Gasteiger partial charge in [-0.1, -0.05) is 5.59 Å². The molecule has 2 aromatic rings. The van der Waals surface area contributed by atoms with E-state index in [9.17, 15) is 9.59 Å². The standard InChI is InChI=1S/C9H10N4O4/c10-12-17-7(14)3-5-13-8-6(16-9(13)15)2-1-4-11-8/h1-2,4,12H,3,5,10H2. The number of aromatic nitrogens is 2. The summed E-state index contributed by atoms with van der Waals surface area (Å²) < 4.78 is 6.20. The van der Waals surface area contributed by atoms with Crippen LogP contribution in [0.4, 0.5) is 0 Å². The first-order valence-electron chi connectivity index (χ1n) is 4.82. The lowest BCUT2D eigenvalue weighted by molar-refractivity contribution is -0.151. The molecule has 0 aliphatic rings. The van der Waals surface area contributed by atoms with Crippen LogP contribution in [-0.4, -0.2) is 15.5 Å². The van der Waals surface area contributed by atoms with Gasteiger partial charge < -0.3 is 9.25 Å². The Balaban J connectivity index is 2.21. The molecule has 17 heavy (non-hydrogen) atoms. The SMILES string of the molecule is NNOC(=O)CCn1c(=O)oc2cccnc21. The van der Waals surface area contributed by atoms with Crippen LogP contribution < -0.4 is 17.2 Å². The molecule has 0 fully saturated rings. The summed E-state index contributed by atoms with van der Waals surface area (Å²) in [5.41, 5.74) is 2.55. The van der Waals surface area contributed by atoms with Gasteiger partial charge in [0.25, 0.3) is 0 Å². The van der Waals surface area contributed by atoms with Gasteiger partial charge in [-0.25, -0.2) is 15.6 Å². The highest BCUT2D eigenvalue weighted by Crippen LogP contribution is 2.08. The van der Waals surface area contributed by atoms with Crippen molar-refractivity contribution in [1.82, 2.24) is 15.1 Å². The zero-order chi connectivity index (χ0) is 12.3. The summed E-state index contributed by atoms with van der Waals surface area (Å²) in [5.74, 6) is 3.66. The van der Waals surface area contributed by atoms with Gasteiger partial charge in [-0.05, 0) is 12.1 Å². The van der Waals surface area contributed by atoms with Crippen molar-refractivity contribution in [3.05, 3.63) is 28.9 Å². The number of hydrogen-bond acceptors (Lipinski definition) is 7. The third-order valence-electron chi connectivity index (χ3n) is 2.14. The van der Waals surface area contributed by atoms with Crippen LogP contribution in [0.5, 0.6) is 0 Å². The van der Waals surface area contributed by atoms with E-state index in [4.69, 9.17) is 10.3 Å². The number of carbonyl (C=O) groups is 1. The number of pyridine rings is 1. The number of nitrogens with two attached hydrogens (primary N) is 1. The van der Waals surface area contributed by atoms with Crippen molar-refractivity contribution in [3.63, 3.8) is 0 Å². The van der Waals surface area contributed by atoms with Crippen molar-refractivity contribution in [2.24, 2.45) is 5.84 Å². The van der Waals surface area contributed by atoms with Crippen LogP contribution in [0.1, 0.15) is 6.42 Å². The Morgan fingerprint density at radius 1 is 1.65 bits per heavy atom. The molecular formula is C9H10N4O4. The van der Waals surface area contributed by atoms with Crippen LogP contribution in [0.15, 0.2) is 27.5 Å². The molecule has 2 rings (SSSR count). The van der Waals surface area contributed by atoms with Gasteiger partial charge in [0, 0.05) is 12.7 Å². The summed E-state index contributed by atoms with van der Waals surface area (Å²) in [6.07, 6.45) is 1.52. The summed E-state index contributed by atoms with van der Waals surface area (Å²) in [6, 6.07) is 3.28. The van der Waals surface area contributed by atoms with Crippen molar-refractivity contribution in [3.8, 4) is 0 Å². The zero-order valence-electron chi connectivity index (χ0n) is 8.75. The molecule has 0 atom stereocenters. The molecule has 0 aliphatic heterocycles. The molecule has 0 spiro atoms. The van der Waals surface area contributed by atoms with Crippen LogP contribution in [0, 0.1) is 0 Å². The third-order valence-corrected chi connectivity index (χ3v) is 2.14. The normalized spacial score (nSPS) is 10.6. The number of oxazole rings is 1. The minimum atomic E-state index is -0.579. The molecule has 0 saturated carbocycles. The average Bonchev–Trinajstić information content (AvgIpc) is 2.62. The molecule has 8 heteroatoms. The highest BCUT2D eigenvalue weighted by Gasteiger charge is 2.11. The molecule has 2 aromatic heterocycles. The molecule has 3 N–H and O–H groups in total. The molecule has 0 saturated heterocycles. The summed E-state index contributed by atoms with van der Waals surface area (Å²) in [6.45, 7) is 0.114. The predicted molar refractivity (Wildman–Crippen MR) is 56.3 cm³/mol. The van der Waals surface area contributed by atoms with Crippen LogP contribution >= 0.6 is 0 Å². The van der Waals surface area contributed by atoms with E-state index in [1.54, 1.807) is 17.7 Å². The van der Waals surface area contributed by atoms with Crippen molar-refractivity contribution < 1.29 is 14.0 Å². The first kappa shape index (κ1) is 11.3. The Morgan fingerprint density at radius 3 is 3.24 bits per heavy atom. The van der Waals surface area contributed by atoms with Gasteiger partial charge in [-0.3, -0.25) is 9.36 Å². The Hall–Kier alpha value is -2.19. The Kier molecular flexibility index (Phi) is 3.17. The fraction of sp³-hybridized carbons (Fsp3) is 0.222. The quantitative estimate of drug-likeness (QED) is 0.535. The minimum Gasteiger partial charge on any atom is -0.406 e. The average molecular weight is 238 g/mol. The first-order valence-corrected chi connectivity index (χ1v) is 4.82. The molecule has 0 unspecified atom stereocenters. The lowest BCUT2D eigenvalue weighted by atomic mass is 10.4. The number of fused-ring (bicyclic) bond motifs is 1. The second kappa shape index (κ2) is 4.76. The fourth-order valence-corrected chi connectivity index (χ4v) is 1.42. The lowest BCUT2D eigenvalue weighted by Crippen LogP contribution is -2.27. The maximum absolute atomic E-state index is 11.5. The molecule has 0 amide bonds. The molecule has 2 heterocycles. The number of carbonyl (C=O) groups excluding carboxylic acids is 1. The van der Waals surface area contributed by atoms with Gasteiger partial charge in [0.2, 0.25) is 0 Å². The molecule has 8 nitrogen and oxygen atoms in total. The van der Waals surface area contributed by atoms with E-state index in [1.807, 2.05) is 0 Å². The molecule has 0 aliphatic carbocycles. The first-order chi connectivity index (χ1) is 8.22. The van der Waals surface area contributed by atoms with Gasteiger partial charge in [-0.2, -0.15) is 0 Å². The molecule has 90 valence electrons. The molecular weight excluding hydrogens is 228 g/mol. The Bertz CT molecular complexity index is 588. The van der Waals surface area contributed by atoms with Crippen molar-refractivity contribution >= 4 is 17.2 Å². The van der Waals surface area contributed by atoms with Gasteiger partial charge in [0.05, 0.1) is 6.42 Å². The lowest BCUT2D eigenvalue weighted by Gasteiger charge is -2.01. The minimum absolute atomic E-state index is 0.0185. The van der Waals surface area contributed by atoms with E-state index in [1.165, 1.54) is 10.8 Å². The van der Waals surface area contributed by atoms with Crippen molar-refractivity contribution in [2.75, 3.05) is 0 Å². The largest absolute Gasteiger partial charge is 0.421 e. The van der Waals surface area contributed by atoms with E-state index in [0.29, 0.717) is 11.2 Å². The number of aryl methyl sites for hydroxylation is 1. The summed E-state index contributed by atoms with van der Waals surface area (Å²) in [5, 5.41) is 0. The predicted octanol–water partition coefficient (Wildman–Crippen LogP) is -0.699. The number of hydrogen-bond donors (Lipinski definition) is 2. The van der Waals surface area contributed by atoms with Crippen LogP contribution in [-0.2, 0) is 16.2 Å². The summed E-state index contributed by atoms with van der Waals surface area (Å²) in [4.78, 5) is 30.8. The van der Waals surface area contributed by atoms with Crippen molar-refractivity contribution in [2.45, 2.75) is 13.0 Å². The van der Waals surface area contributed by atoms with E-state index in [2.05, 4.69) is 9.82 Å². The number of rotatable bonds is 4. The van der Waals surface area contributed by atoms with Crippen LogP contribution in [0.3, 0.4) is 0 Å². The highest BCUT2D eigenvalue weighted by atomic mass is 16.7. The third kappa shape index (κ3) is 2.32. The van der Waals surface area contributed by atoms with E-state index < -0.39 is 11.7 Å². The second-order valence-corrected chi connectivity index (χ2v) is 3.19. The zero-order valence-corrected chi connectivity index (χ0v) is 8.75. The van der Waals surface area contributed by atoms with Crippen molar-refractivity contribution in [1.29, 1.82) is 0 Å². The molecule has 0 radical (unpaired) electrons. The van der Waals surface area contributed by atoms with Gasteiger partial charge in [0.1, 0.15) is 0 Å². The van der Waals surface area contributed by atoms with Gasteiger partial charge in [-0.15, -0.1) is 0 Å². The molecule has 0 bridgehead atoms. The number of nitrogens with zero attached hydrogens (tertiary/aromatic N) is 2. The Labute approximate surface area is 94.9 Å². The van der Waals surface area contributed by atoms with E-state index >= 15 is 0 Å². The maximum Gasteiger partial charge on any atom is 0.421 e. The maximum atomic E-state index is 11.5. The Morgan fingerprint density at radius 2 is 2.47 bits per heavy atom. The van der Waals surface area contributed by atoms with Crippen LogP contribution in [0.25, 0.3) is 11.2 Å². The fourth-order valence-electron chi connectivity index (χ4n) is 1.42. The summed E-state index contributed by atoms with van der Waals surface area (Å²) >= 11 is 0.